The van der Waals surface area contributed by atoms with Crippen LogP contribution in [0, 0.1) is 0 Å². The number of hydrogen-bond acceptors (Lipinski definition) is 3. The van der Waals surface area contributed by atoms with Crippen LogP contribution in [0.3, 0.4) is 0 Å². The molecule has 0 spiro atoms. The number of carboxylic acids is 1. The zero-order valence-corrected chi connectivity index (χ0v) is 7.84. The SMILES string of the molecule is O=C(O)C1=NC2=C3C=CC(=CN2C=C1)C3. The van der Waals surface area contributed by atoms with Gasteiger partial charge >= 0.3 is 5.97 Å². The topological polar surface area (TPSA) is 52.9 Å². The summed E-state index contributed by atoms with van der Waals surface area (Å²) < 4.78 is 0. The van der Waals surface area contributed by atoms with Gasteiger partial charge in [0.05, 0.1) is 0 Å². The number of carbonyl (C=O) groups is 1. The van der Waals surface area contributed by atoms with Crippen LogP contribution in [0.4, 0.5) is 0 Å². The second-order valence-corrected chi connectivity index (χ2v) is 3.59. The minimum absolute atomic E-state index is 0.0888. The third-order valence-electron chi connectivity index (χ3n) is 2.57. The van der Waals surface area contributed by atoms with E-state index in [0.29, 0.717) is 0 Å². The van der Waals surface area contributed by atoms with Gasteiger partial charge in [-0.2, -0.15) is 0 Å². The Morgan fingerprint density at radius 3 is 3.07 bits per heavy atom. The molecule has 0 radical (unpaired) electrons. The van der Waals surface area contributed by atoms with E-state index in [2.05, 4.69) is 4.99 Å². The van der Waals surface area contributed by atoms with Crippen molar-refractivity contribution in [1.82, 2.24) is 4.90 Å². The zero-order chi connectivity index (χ0) is 10.4. The second kappa shape index (κ2) is 2.70. The summed E-state index contributed by atoms with van der Waals surface area (Å²) in [6.07, 6.45) is 10.1. The highest BCUT2D eigenvalue weighted by Crippen LogP contribution is 2.34. The molecule has 3 aliphatic rings. The summed E-state index contributed by atoms with van der Waals surface area (Å²) in [6.45, 7) is 0. The highest BCUT2D eigenvalue weighted by Gasteiger charge is 2.24. The molecule has 4 nitrogen and oxygen atoms in total. The average molecular weight is 200 g/mol. The molecule has 74 valence electrons. The predicted molar refractivity (Wildman–Crippen MR) is 54.9 cm³/mol. The molecule has 15 heavy (non-hydrogen) atoms. The highest BCUT2D eigenvalue weighted by molar-refractivity contribution is 6.40. The Balaban J connectivity index is 2.11. The van der Waals surface area contributed by atoms with E-state index >= 15 is 0 Å². The average Bonchev–Trinajstić information content (AvgIpc) is 2.61. The summed E-state index contributed by atoms with van der Waals surface area (Å²) in [7, 11) is 0. The molecule has 1 N–H and O–H groups in total. The van der Waals surface area contributed by atoms with Crippen LogP contribution in [-0.2, 0) is 4.79 Å². The number of carboxylic acid groups (broad SMARTS) is 1. The maximum atomic E-state index is 10.8. The first-order valence-corrected chi connectivity index (χ1v) is 4.64. The van der Waals surface area contributed by atoms with E-state index in [1.807, 2.05) is 23.3 Å². The van der Waals surface area contributed by atoms with Crippen LogP contribution in [0.5, 0.6) is 0 Å². The summed E-state index contributed by atoms with van der Waals surface area (Å²) in [5, 5.41) is 8.84. The summed E-state index contributed by atoms with van der Waals surface area (Å²) in [4.78, 5) is 16.8. The fourth-order valence-corrected chi connectivity index (χ4v) is 1.86. The van der Waals surface area contributed by atoms with E-state index in [1.54, 1.807) is 6.20 Å². The molecule has 0 unspecified atom stereocenters. The van der Waals surface area contributed by atoms with Crippen LogP contribution >= 0.6 is 0 Å². The normalized spacial score (nSPS) is 21.5. The van der Waals surface area contributed by atoms with Gasteiger partial charge in [0.1, 0.15) is 5.82 Å². The Hall–Kier alpha value is -2.10. The number of rotatable bonds is 1. The molecule has 2 heterocycles. The van der Waals surface area contributed by atoms with Crippen molar-refractivity contribution in [2.75, 3.05) is 0 Å². The van der Waals surface area contributed by atoms with E-state index in [-0.39, 0.29) is 5.71 Å². The number of nitrogens with zero attached hydrogens (tertiary/aromatic N) is 2. The number of fused-ring (bicyclic) bond motifs is 3. The molecule has 4 heteroatoms. The smallest absolute Gasteiger partial charge is 0.354 e. The van der Waals surface area contributed by atoms with Crippen molar-refractivity contribution in [3.8, 4) is 0 Å². The third kappa shape index (κ3) is 1.15. The van der Waals surface area contributed by atoms with Gasteiger partial charge < -0.3 is 10.0 Å². The van der Waals surface area contributed by atoms with Gasteiger partial charge in [-0.3, -0.25) is 0 Å². The summed E-state index contributed by atoms with van der Waals surface area (Å²) in [5.74, 6) is -0.261. The monoisotopic (exact) mass is 200 g/mol. The number of aliphatic carboxylic acids is 1. The van der Waals surface area contributed by atoms with Gasteiger partial charge in [0.15, 0.2) is 5.71 Å². The van der Waals surface area contributed by atoms with Gasteiger partial charge in [0.25, 0.3) is 0 Å². The van der Waals surface area contributed by atoms with Gasteiger partial charge in [0.2, 0.25) is 0 Å². The van der Waals surface area contributed by atoms with Crippen molar-refractivity contribution in [2.45, 2.75) is 6.42 Å². The van der Waals surface area contributed by atoms with Gasteiger partial charge in [-0.15, -0.1) is 0 Å². The largest absolute Gasteiger partial charge is 0.477 e. The van der Waals surface area contributed by atoms with Crippen molar-refractivity contribution < 1.29 is 9.90 Å². The molecule has 0 fully saturated rings. The lowest BCUT2D eigenvalue weighted by molar-refractivity contribution is -0.129. The van der Waals surface area contributed by atoms with Crippen LogP contribution < -0.4 is 0 Å². The lowest BCUT2D eigenvalue weighted by Gasteiger charge is -2.24. The van der Waals surface area contributed by atoms with Crippen molar-refractivity contribution >= 4 is 11.7 Å². The maximum absolute atomic E-state index is 10.8. The summed E-state index contributed by atoms with van der Waals surface area (Å²) >= 11 is 0. The maximum Gasteiger partial charge on any atom is 0.354 e. The molecule has 0 aromatic rings. The van der Waals surface area contributed by atoms with Gasteiger partial charge in [-0.25, -0.2) is 9.79 Å². The predicted octanol–water partition coefficient (Wildman–Crippen LogP) is 1.41. The molecule has 0 atom stereocenters. The van der Waals surface area contributed by atoms with Crippen LogP contribution in [-0.4, -0.2) is 21.7 Å². The van der Waals surface area contributed by atoms with Gasteiger partial charge in [-0.05, 0) is 17.2 Å². The molecule has 0 amide bonds. The van der Waals surface area contributed by atoms with Crippen molar-refractivity contribution in [3.63, 3.8) is 0 Å². The lowest BCUT2D eigenvalue weighted by Crippen LogP contribution is -2.22. The Morgan fingerprint density at radius 1 is 1.40 bits per heavy atom. The molecule has 0 saturated carbocycles. The van der Waals surface area contributed by atoms with Gasteiger partial charge in [-0.1, -0.05) is 12.2 Å². The van der Waals surface area contributed by atoms with Crippen molar-refractivity contribution in [1.29, 1.82) is 0 Å². The van der Waals surface area contributed by atoms with E-state index in [1.165, 1.54) is 11.6 Å². The fraction of sp³-hybridized carbons (Fsp3) is 0.0909. The van der Waals surface area contributed by atoms with Crippen LogP contribution in [0.2, 0.25) is 0 Å². The van der Waals surface area contributed by atoms with E-state index in [4.69, 9.17) is 5.11 Å². The highest BCUT2D eigenvalue weighted by atomic mass is 16.4. The van der Waals surface area contributed by atoms with Crippen LogP contribution in [0.25, 0.3) is 0 Å². The fourth-order valence-electron chi connectivity index (χ4n) is 1.86. The second-order valence-electron chi connectivity index (χ2n) is 3.59. The standard InChI is InChI=1S/C11H8N2O2/c14-11(15)9-3-4-13-6-7-1-2-8(5-7)10(13)12-9/h1-4,6H,5H2,(H,14,15). The number of hydrogen-bond donors (Lipinski definition) is 1. The number of aliphatic imine (C=N–C) groups is 1. The van der Waals surface area contributed by atoms with Crippen molar-refractivity contribution in [2.24, 2.45) is 4.99 Å². The molecular weight excluding hydrogens is 192 g/mol. The number of allylic oxidation sites excluding steroid dienone is 4. The van der Waals surface area contributed by atoms with E-state index < -0.39 is 5.97 Å². The van der Waals surface area contributed by atoms with Crippen LogP contribution in [0.15, 0.2) is 52.6 Å². The van der Waals surface area contributed by atoms with Crippen LogP contribution in [0.1, 0.15) is 6.42 Å². The molecule has 3 rings (SSSR count). The summed E-state index contributed by atoms with van der Waals surface area (Å²) in [6, 6.07) is 0. The molecule has 0 aromatic carbocycles. The minimum Gasteiger partial charge on any atom is -0.477 e. The Kier molecular flexibility index (Phi) is 1.48. The first-order valence-electron chi connectivity index (χ1n) is 4.64. The Morgan fingerprint density at radius 2 is 2.27 bits per heavy atom. The Bertz CT molecular complexity index is 507. The third-order valence-corrected chi connectivity index (χ3v) is 2.57. The lowest BCUT2D eigenvalue weighted by atomic mass is 10.1. The Labute approximate surface area is 86.2 Å². The zero-order valence-electron chi connectivity index (χ0n) is 7.84. The van der Waals surface area contributed by atoms with Crippen molar-refractivity contribution in [3.05, 3.63) is 47.6 Å². The molecule has 0 saturated heterocycles. The minimum atomic E-state index is -0.990. The first-order chi connectivity index (χ1) is 7.24. The molecule has 0 aromatic heterocycles. The molecule has 2 bridgehead atoms. The molecule has 2 aliphatic heterocycles. The first kappa shape index (κ1) is 8.23. The van der Waals surface area contributed by atoms with E-state index in [9.17, 15) is 4.79 Å². The molecular formula is C11H8N2O2. The van der Waals surface area contributed by atoms with Gasteiger partial charge in [0, 0.05) is 18.8 Å². The molecule has 1 aliphatic carbocycles. The summed E-state index contributed by atoms with van der Waals surface area (Å²) in [5.41, 5.74) is 2.40. The quantitative estimate of drug-likeness (QED) is 0.696. The van der Waals surface area contributed by atoms with E-state index in [0.717, 1.165) is 17.8 Å².